The van der Waals surface area contributed by atoms with E-state index in [-0.39, 0.29) is 6.04 Å². The first kappa shape index (κ1) is 79.8. The van der Waals surface area contributed by atoms with Crippen molar-refractivity contribution in [2.24, 2.45) is 86.7 Å². The Morgan fingerprint density at radius 3 is 0.942 bits per heavy atom. The van der Waals surface area contributed by atoms with Gasteiger partial charge < -0.3 is 84.3 Å². The van der Waals surface area contributed by atoms with Gasteiger partial charge in [-0.25, -0.2) is 0 Å². The van der Waals surface area contributed by atoms with Crippen LogP contribution in [0.5, 0.6) is 0 Å². The quantitative estimate of drug-likeness (QED) is 0.0335. The van der Waals surface area contributed by atoms with Crippen LogP contribution in [0.2, 0.25) is 0 Å². The lowest BCUT2D eigenvalue weighted by Crippen LogP contribution is -2.36. The average molecular weight is 995 g/mol. The molecule has 26 N–H and O–H groups in total. The number of unbranched alkanes of at least 4 members (excludes halogenated alkanes) is 8. The minimum absolute atomic E-state index is 0.245. The van der Waals surface area contributed by atoms with Gasteiger partial charge in [0.25, 0.3) is 0 Å². The van der Waals surface area contributed by atoms with E-state index in [1.54, 1.807) is 0 Å². The molecule has 0 radical (unpaired) electrons. The molecule has 0 bridgehead atoms. The molecule has 0 saturated heterocycles. The van der Waals surface area contributed by atoms with Crippen molar-refractivity contribution in [2.75, 3.05) is 91.6 Å². The van der Waals surface area contributed by atoms with Gasteiger partial charge in [-0.15, -0.1) is 0 Å². The molecular weight excluding hydrogens is 859 g/mol. The van der Waals surface area contributed by atoms with E-state index in [9.17, 15) is 0 Å². The molecule has 426 valence electrons. The Bertz CT molecular complexity index is 822. The monoisotopic (exact) mass is 994 g/mol. The fourth-order valence-electron chi connectivity index (χ4n) is 6.23. The second kappa shape index (κ2) is 69.5. The van der Waals surface area contributed by atoms with Crippen molar-refractivity contribution in [1.29, 1.82) is 0 Å². The van der Waals surface area contributed by atoms with Crippen LogP contribution in [0.3, 0.4) is 0 Å². The van der Waals surface area contributed by atoms with Crippen molar-refractivity contribution in [3.8, 4) is 0 Å². The van der Waals surface area contributed by atoms with Crippen LogP contribution < -0.4 is 84.3 Å². The molecule has 0 saturated carbocycles. The Morgan fingerprint density at radius 2 is 0.623 bits per heavy atom. The van der Waals surface area contributed by atoms with Gasteiger partial charge in [-0.2, -0.15) is 0 Å². The summed E-state index contributed by atoms with van der Waals surface area (Å²) in [5.74, 6) is 2.89. The van der Waals surface area contributed by atoms with Gasteiger partial charge >= 0.3 is 0 Å². The van der Waals surface area contributed by atoms with E-state index < -0.39 is 0 Å². The Morgan fingerprint density at radius 1 is 0.304 bits per heavy atom. The fraction of sp³-hybridized carbons (Fsp3) is 1.00. The van der Waals surface area contributed by atoms with Crippen molar-refractivity contribution in [3.63, 3.8) is 0 Å². The molecule has 0 aromatic heterocycles. The largest absolute Gasteiger partial charge is 0.330 e. The number of nitrogens with two attached hydrogens (primary N) is 11. The highest BCUT2D eigenvalue weighted by molar-refractivity contribution is 4.68. The minimum Gasteiger partial charge on any atom is -0.330 e. The van der Waals surface area contributed by atoms with E-state index in [4.69, 9.17) is 63.1 Å². The van der Waals surface area contributed by atoms with Gasteiger partial charge in [0.1, 0.15) is 0 Å². The second-order valence-electron chi connectivity index (χ2n) is 20.6. The molecule has 0 aromatic carbocycles. The molecule has 15 heteroatoms. The lowest BCUT2D eigenvalue weighted by Gasteiger charge is -2.19. The molecular formula is C54H135N15. The van der Waals surface area contributed by atoms with Crippen LogP contribution in [0, 0.1) is 23.7 Å². The molecule has 69 heavy (non-hydrogen) atoms. The topological polar surface area (TPSA) is 334 Å². The molecule has 0 aliphatic rings. The fourth-order valence-corrected chi connectivity index (χ4v) is 6.23. The molecule has 0 amide bonds. The Kier molecular flexibility index (Phi) is 80.4. The SMILES string of the molecule is CC(N)CCC(C)CN.CC(N)CNC(C)CCC(C)CN.CCC(C)CCC(C)NCC(C)CCC(C)N.NCCCCCN.NCCCCCNCCCCCN.NCCCCCNCCN. The number of nitrogens with one attached hydrogen (secondary N) is 4. The normalized spacial score (nSPS) is 14.7. The van der Waals surface area contributed by atoms with Crippen molar-refractivity contribution < 1.29 is 0 Å². The molecule has 0 aromatic rings. The molecule has 15 nitrogen and oxygen atoms in total. The van der Waals surface area contributed by atoms with Crippen LogP contribution in [0.25, 0.3) is 0 Å². The third-order valence-electron chi connectivity index (χ3n) is 11.9. The van der Waals surface area contributed by atoms with E-state index in [1.165, 1.54) is 83.5 Å². The smallest absolute Gasteiger partial charge is 0.0136 e. The van der Waals surface area contributed by atoms with E-state index in [1.807, 2.05) is 13.8 Å². The molecule has 0 spiro atoms. The predicted molar refractivity (Wildman–Crippen MR) is 313 cm³/mol. The summed E-state index contributed by atoms with van der Waals surface area (Å²) in [6, 6.07) is 2.13. The third kappa shape index (κ3) is 90.6. The standard InChI is InChI=1S/C15H34N2.2C10H25N3.C7H19N3.C7H18N2.C5H14N2/c1-6-12(2)8-10-15(5)17-11-13(3)7-9-14(4)16;1-8(6-11)4-5-10(3)13-7-9(2)12;11-7-3-1-5-9-13-10-6-2-4-8-12;8-4-2-1-3-6-10-7-5-9;1-6(5-8)3-4-7(2)9;6-4-2-1-3-5-7/h12-15,17H,6-11,16H2,1-5H3;8-10,13H,4-7,11-12H2,1-3H3;13H,1-12H2;10H,1-9H2;6-7H,3-5,8-9H2,1-2H3;1-7H2. The van der Waals surface area contributed by atoms with Crippen LogP contribution in [0.1, 0.15) is 204 Å². The Hall–Kier alpha value is -0.600. The van der Waals surface area contributed by atoms with Gasteiger partial charge in [0.05, 0.1) is 0 Å². The van der Waals surface area contributed by atoms with Crippen LogP contribution >= 0.6 is 0 Å². The van der Waals surface area contributed by atoms with Crippen molar-refractivity contribution in [2.45, 2.75) is 234 Å². The van der Waals surface area contributed by atoms with Crippen molar-refractivity contribution in [3.05, 3.63) is 0 Å². The van der Waals surface area contributed by atoms with E-state index in [0.717, 1.165) is 155 Å². The highest BCUT2D eigenvalue weighted by Gasteiger charge is 2.09. The Labute approximate surface area is 432 Å². The van der Waals surface area contributed by atoms with E-state index in [0.29, 0.717) is 36.0 Å². The van der Waals surface area contributed by atoms with Gasteiger partial charge in [0.2, 0.25) is 0 Å². The molecule has 9 unspecified atom stereocenters. The first-order valence-corrected chi connectivity index (χ1v) is 28.7. The number of hydrogen-bond donors (Lipinski definition) is 15. The van der Waals surface area contributed by atoms with Crippen LogP contribution in [-0.4, -0.2) is 122 Å². The summed E-state index contributed by atoms with van der Waals surface area (Å²) < 4.78 is 0. The summed E-state index contributed by atoms with van der Waals surface area (Å²) in [6.45, 7) is 34.7. The molecule has 9 atom stereocenters. The molecule has 0 fully saturated rings. The van der Waals surface area contributed by atoms with Gasteiger partial charge in [0, 0.05) is 49.8 Å². The molecule has 0 aliphatic carbocycles. The summed E-state index contributed by atoms with van der Waals surface area (Å²) in [4.78, 5) is 0. The van der Waals surface area contributed by atoms with E-state index >= 15 is 0 Å². The van der Waals surface area contributed by atoms with Gasteiger partial charge in [-0.05, 0) is 233 Å². The minimum atomic E-state index is 0.245. The summed E-state index contributed by atoms with van der Waals surface area (Å²) in [5.41, 5.74) is 59.8. The molecule has 0 aliphatic heterocycles. The summed E-state index contributed by atoms with van der Waals surface area (Å²) in [5, 5.41) is 13.7. The molecule has 0 rings (SSSR count). The Balaban J connectivity index is -0.000000176. The maximum atomic E-state index is 5.77. The highest BCUT2D eigenvalue weighted by atomic mass is 14.9. The first-order chi connectivity index (χ1) is 32.9. The number of hydrogen-bond acceptors (Lipinski definition) is 15. The van der Waals surface area contributed by atoms with Crippen molar-refractivity contribution >= 4 is 0 Å². The zero-order valence-electron chi connectivity index (χ0n) is 48.3. The zero-order valence-corrected chi connectivity index (χ0v) is 48.3. The van der Waals surface area contributed by atoms with Gasteiger partial charge in [0.15, 0.2) is 0 Å². The maximum Gasteiger partial charge on any atom is 0.0136 e. The van der Waals surface area contributed by atoms with E-state index in [2.05, 4.69) is 76.7 Å². The van der Waals surface area contributed by atoms with Gasteiger partial charge in [-0.1, -0.05) is 66.7 Å². The van der Waals surface area contributed by atoms with Crippen LogP contribution in [0.4, 0.5) is 0 Å². The second-order valence-corrected chi connectivity index (χ2v) is 20.6. The van der Waals surface area contributed by atoms with Crippen molar-refractivity contribution in [1.82, 2.24) is 21.3 Å². The zero-order chi connectivity index (χ0) is 53.8. The summed E-state index contributed by atoms with van der Waals surface area (Å²) >= 11 is 0. The molecule has 0 heterocycles. The lowest BCUT2D eigenvalue weighted by atomic mass is 9.99. The van der Waals surface area contributed by atoms with Crippen LogP contribution in [-0.2, 0) is 0 Å². The third-order valence-corrected chi connectivity index (χ3v) is 11.9. The summed E-state index contributed by atoms with van der Waals surface area (Å²) in [7, 11) is 0. The highest BCUT2D eigenvalue weighted by Crippen LogP contribution is 2.12. The summed E-state index contributed by atoms with van der Waals surface area (Å²) in [6.07, 6.45) is 25.3. The first-order valence-electron chi connectivity index (χ1n) is 28.7. The average Bonchev–Trinajstić information content (AvgIpc) is 3.33. The van der Waals surface area contributed by atoms with Crippen LogP contribution in [0.15, 0.2) is 0 Å². The maximum absolute atomic E-state index is 5.77. The van der Waals surface area contributed by atoms with Gasteiger partial charge in [-0.3, -0.25) is 0 Å². The number of rotatable bonds is 42. The predicted octanol–water partition coefficient (Wildman–Crippen LogP) is 5.52. The lowest BCUT2D eigenvalue weighted by molar-refractivity contribution is 0.385.